The Bertz CT molecular complexity index is 847. The van der Waals surface area contributed by atoms with Crippen molar-refractivity contribution in [3.63, 3.8) is 0 Å². The van der Waals surface area contributed by atoms with E-state index in [0.29, 0.717) is 5.69 Å². The number of hydrogen-bond donors (Lipinski definition) is 2. The molecule has 0 atom stereocenters. The summed E-state index contributed by atoms with van der Waals surface area (Å²) >= 11 is 0. The zero-order chi connectivity index (χ0) is 17.6. The van der Waals surface area contributed by atoms with E-state index in [1.54, 1.807) is 25.4 Å². The minimum atomic E-state index is -0.359. The molecule has 0 bridgehead atoms. The van der Waals surface area contributed by atoms with E-state index in [4.69, 9.17) is 4.74 Å². The number of amides is 1. The summed E-state index contributed by atoms with van der Waals surface area (Å²) in [6.45, 7) is 0. The van der Waals surface area contributed by atoms with E-state index in [-0.39, 0.29) is 17.4 Å². The van der Waals surface area contributed by atoms with E-state index in [2.05, 4.69) is 15.6 Å². The number of nitrogens with zero attached hydrogens (tertiary/aromatic N) is 1. The largest absolute Gasteiger partial charge is 0.497 e. The summed E-state index contributed by atoms with van der Waals surface area (Å²) in [5, 5.41) is 5.85. The van der Waals surface area contributed by atoms with E-state index in [1.807, 2.05) is 24.3 Å². The summed E-state index contributed by atoms with van der Waals surface area (Å²) < 4.78 is 18.0. The Balaban J connectivity index is 1.64. The molecule has 0 unspecified atom stereocenters. The smallest absolute Gasteiger partial charge is 0.274 e. The Labute approximate surface area is 144 Å². The number of nitrogens with one attached hydrogen (secondary N) is 2. The lowest BCUT2D eigenvalue weighted by atomic mass is 10.2. The van der Waals surface area contributed by atoms with Crippen LogP contribution in [-0.2, 0) is 0 Å². The quantitative estimate of drug-likeness (QED) is 0.731. The van der Waals surface area contributed by atoms with Crippen molar-refractivity contribution in [3.05, 3.63) is 78.4 Å². The maximum absolute atomic E-state index is 12.9. The molecule has 2 N–H and O–H groups in total. The number of rotatable bonds is 5. The van der Waals surface area contributed by atoms with Crippen LogP contribution in [0.5, 0.6) is 5.75 Å². The lowest BCUT2D eigenvalue weighted by Gasteiger charge is -2.08. The third-order valence-corrected chi connectivity index (χ3v) is 3.48. The minimum absolute atomic E-state index is 0.268. The maximum Gasteiger partial charge on any atom is 0.274 e. The number of halogens is 1. The second kappa shape index (κ2) is 7.44. The Morgan fingerprint density at radius 3 is 2.16 bits per heavy atom. The Morgan fingerprint density at radius 2 is 1.56 bits per heavy atom. The highest BCUT2D eigenvalue weighted by Crippen LogP contribution is 2.19. The molecule has 25 heavy (non-hydrogen) atoms. The van der Waals surface area contributed by atoms with E-state index in [0.717, 1.165) is 17.1 Å². The highest BCUT2D eigenvalue weighted by molar-refractivity contribution is 6.02. The first-order valence-corrected chi connectivity index (χ1v) is 7.58. The molecule has 2 aromatic carbocycles. The summed E-state index contributed by atoms with van der Waals surface area (Å²) in [4.78, 5) is 16.3. The molecule has 0 aliphatic heterocycles. The van der Waals surface area contributed by atoms with Gasteiger partial charge in [0, 0.05) is 11.4 Å². The molecule has 5 nitrogen and oxygen atoms in total. The Morgan fingerprint density at radius 1 is 0.920 bits per heavy atom. The highest BCUT2D eigenvalue weighted by Gasteiger charge is 2.08. The van der Waals surface area contributed by atoms with Gasteiger partial charge in [0.25, 0.3) is 5.91 Å². The van der Waals surface area contributed by atoms with Gasteiger partial charge < -0.3 is 15.4 Å². The van der Waals surface area contributed by atoms with Gasteiger partial charge in [-0.15, -0.1) is 0 Å². The van der Waals surface area contributed by atoms with Crippen molar-refractivity contribution in [2.75, 3.05) is 17.7 Å². The molecule has 1 amide bonds. The first-order chi connectivity index (χ1) is 12.1. The zero-order valence-electron chi connectivity index (χ0n) is 13.5. The number of ether oxygens (including phenoxy) is 1. The standard InChI is InChI=1S/C19H16FN3O2/c1-25-17-9-6-14(7-10-17)22-16-8-11-18(21-12-16)19(24)23-15-4-2-13(20)3-5-15/h2-12,22H,1H3,(H,23,24). The average molecular weight is 337 g/mol. The van der Waals surface area contributed by atoms with Crippen molar-refractivity contribution in [1.29, 1.82) is 0 Å². The average Bonchev–Trinajstić information content (AvgIpc) is 2.65. The first kappa shape index (κ1) is 16.4. The van der Waals surface area contributed by atoms with Gasteiger partial charge >= 0.3 is 0 Å². The fourth-order valence-electron chi connectivity index (χ4n) is 2.17. The number of anilines is 3. The SMILES string of the molecule is COc1ccc(Nc2ccc(C(=O)Nc3ccc(F)cc3)nc2)cc1. The Kier molecular flexibility index (Phi) is 4.89. The summed E-state index contributed by atoms with van der Waals surface area (Å²) in [6, 6.07) is 16.4. The number of benzene rings is 2. The Hall–Kier alpha value is -3.41. The van der Waals surface area contributed by atoms with Crippen LogP contribution >= 0.6 is 0 Å². The van der Waals surface area contributed by atoms with Gasteiger partial charge in [0.1, 0.15) is 17.3 Å². The molecule has 0 spiro atoms. The number of pyridine rings is 1. The van der Waals surface area contributed by atoms with Crippen LogP contribution in [-0.4, -0.2) is 18.0 Å². The second-order valence-electron chi connectivity index (χ2n) is 5.25. The summed E-state index contributed by atoms with van der Waals surface area (Å²) in [5.41, 5.74) is 2.41. The number of hydrogen-bond acceptors (Lipinski definition) is 4. The van der Waals surface area contributed by atoms with Gasteiger partial charge in [-0.2, -0.15) is 0 Å². The third-order valence-electron chi connectivity index (χ3n) is 3.48. The molecule has 0 saturated heterocycles. The fraction of sp³-hybridized carbons (Fsp3) is 0.0526. The minimum Gasteiger partial charge on any atom is -0.497 e. The molecule has 6 heteroatoms. The lowest BCUT2D eigenvalue weighted by Crippen LogP contribution is -2.13. The monoisotopic (exact) mass is 337 g/mol. The fourth-order valence-corrected chi connectivity index (χ4v) is 2.17. The predicted octanol–water partition coefficient (Wildman–Crippen LogP) is 4.23. The van der Waals surface area contributed by atoms with Crippen molar-refractivity contribution in [3.8, 4) is 5.75 Å². The molecule has 1 heterocycles. The van der Waals surface area contributed by atoms with Gasteiger partial charge in [-0.05, 0) is 60.7 Å². The number of carbonyl (C=O) groups excluding carboxylic acids is 1. The summed E-state index contributed by atoms with van der Waals surface area (Å²) in [6.07, 6.45) is 1.57. The van der Waals surface area contributed by atoms with Crippen LogP contribution in [0, 0.1) is 5.82 Å². The van der Waals surface area contributed by atoms with Gasteiger partial charge in [0.2, 0.25) is 0 Å². The van der Waals surface area contributed by atoms with Gasteiger partial charge in [-0.3, -0.25) is 4.79 Å². The topological polar surface area (TPSA) is 63.2 Å². The summed E-state index contributed by atoms with van der Waals surface area (Å²) in [7, 11) is 1.61. The molecule has 0 saturated carbocycles. The van der Waals surface area contributed by atoms with Crippen molar-refractivity contribution < 1.29 is 13.9 Å². The van der Waals surface area contributed by atoms with Gasteiger partial charge in [0.15, 0.2) is 0 Å². The molecule has 1 aromatic heterocycles. The summed E-state index contributed by atoms with van der Waals surface area (Å²) in [5.74, 6) is 0.0594. The van der Waals surface area contributed by atoms with Gasteiger partial charge in [-0.25, -0.2) is 9.37 Å². The van der Waals surface area contributed by atoms with E-state index in [1.165, 1.54) is 24.3 Å². The van der Waals surface area contributed by atoms with Gasteiger partial charge in [-0.1, -0.05) is 0 Å². The van der Waals surface area contributed by atoms with Crippen LogP contribution in [0.3, 0.4) is 0 Å². The maximum atomic E-state index is 12.9. The molecule has 0 aliphatic rings. The molecule has 3 aromatic rings. The van der Waals surface area contributed by atoms with Crippen LogP contribution in [0.4, 0.5) is 21.5 Å². The molecule has 3 rings (SSSR count). The number of aromatic nitrogens is 1. The lowest BCUT2D eigenvalue weighted by molar-refractivity contribution is 0.102. The first-order valence-electron chi connectivity index (χ1n) is 7.58. The van der Waals surface area contributed by atoms with Crippen LogP contribution in [0.1, 0.15) is 10.5 Å². The van der Waals surface area contributed by atoms with Gasteiger partial charge in [0.05, 0.1) is 19.0 Å². The third kappa shape index (κ3) is 4.32. The van der Waals surface area contributed by atoms with E-state index < -0.39 is 0 Å². The van der Waals surface area contributed by atoms with E-state index in [9.17, 15) is 9.18 Å². The van der Waals surface area contributed by atoms with Crippen molar-refractivity contribution in [2.45, 2.75) is 0 Å². The molecule has 0 fully saturated rings. The van der Waals surface area contributed by atoms with Crippen LogP contribution in [0.15, 0.2) is 66.9 Å². The van der Waals surface area contributed by atoms with Crippen molar-refractivity contribution in [1.82, 2.24) is 4.98 Å². The van der Waals surface area contributed by atoms with E-state index >= 15 is 0 Å². The highest BCUT2D eigenvalue weighted by atomic mass is 19.1. The normalized spacial score (nSPS) is 10.2. The molecule has 0 radical (unpaired) electrons. The van der Waals surface area contributed by atoms with Crippen molar-refractivity contribution in [2.24, 2.45) is 0 Å². The second-order valence-corrected chi connectivity index (χ2v) is 5.25. The van der Waals surface area contributed by atoms with Crippen LogP contribution < -0.4 is 15.4 Å². The number of carbonyl (C=O) groups is 1. The van der Waals surface area contributed by atoms with Crippen molar-refractivity contribution >= 4 is 23.0 Å². The van der Waals surface area contributed by atoms with Crippen LogP contribution in [0.2, 0.25) is 0 Å². The zero-order valence-corrected chi connectivity index (χ0v) is 13.5. The van der Waals surface area contributed by atoms with Crippen LogP contribution in [0.25, 0.3) is 0 Å². The predicted molar refractivity (Wildman–Crippen MR) is 94.9 cm³/mol. The molecule has 126 valence electrons. The molecular weight excluding hydrogens is 321 g/mol. The molecular formula is C19H16FN3O2. The number of methoxy groups -OCH3 is 1. The molecule has 0 aliphatic carbocycles.